The number of hydrogen-bond donors (Lipinski definition) is 1. The summed E-state index contributed by atoms with van der Waals surface area (Å²) in [5.74, 6) is -0.251. The van der Waals surface area contributed by atoms with Gasteiger partial charge in [-0.2, -0.15) is 8.42 Å². The molecule has 5 rings (SSSR count). The fourth-order valence-corrected chi connectivity index (χ4v) is 7.57. The van der Waals surface area contributed by atoms with Crippen molar-refractivity contribution in [2.75, 3.05) is 6.61 Å². The Labute approximate surface area is 255 Å². The number of ether oxygens (including phenoxy) is 1. The Hall–Kier alpha value is -3.65. The summed E-state index contributed by atoms with van der Waals surface area (Å²) in [7, 11) is -4.18. The van der Waals surface area contributed by atoms with E-state index in [4.69, 9.17) is 8.92 Å². The van der Waals surface area contributed by atoms with Gasteiger partial charge in [-0.1, -0.05) is 57.5 Å². The molecule has 228 valence electrons. The van der Waals surface area contributed by atoms with Crippen molar-refractivity contribution in [1.29, 1.82) is 0 Å². The van der Waals surface area contributed by atoms with Gasteiger partial charge in [0.15, 0.2) is 23.1 Å². The smallest absolute Gasteiger partial charge is 0.339 e. The van der Waals surface area contributed by atoms with Crippen molar-refractivity contribution in [2.24, 2.45) is 10.8 Å². The van der Waals surface area contributed by atoms with Crippen molar-refractivity contribution in [3.8, 4) is 11.5 Å². The van der Waals surface area contributed by atoms with Crippen molar-refractivity contribution in [1.82, 2.24) is 5.32 Å². The monoisotopic (exact) mass is 603 g/mol. The maximum Gasteiger partial charge on any atom is 0.339 e. The van der Waals surface area contributed by atoms with Crippen molar-refractivity contribution in [3.05, 3.63) is 88.3 Å². The molecule has 0 atom stereocenters. The largest absolute Gasteiger partial charge is 0.490 e. The van der Waals surface area contributed by atoms with Crippen molar-refractivity contribution < 1.29 is 26.9 Å². The van der Waals surface area contributed by atoms with E-state index < -0.39 is 16.0 Å². The maximum absolute atomic E-state index is 13.8. The first-order chi connectivity index (χ1) is 20.1. The molecule has 0 radical (unpaired) electrons. The molecule has 1 heterocycles. The van der Waals surface area contributed by atoms with E-state index in [0.717, 1.165) is 17.0 Å². The SMILES string of the molecule is C=CCc1cc(C2C3=C(CC(C)(C)CC3=O)NC3=C2C(=O)CC(C)(C)C3)cc(OCC)c1OS(=O)(=O)c1ccc(C)cc1. The van der Waals surface area contributed by atoms with Gasteiger partial charge in [0.25, 0.3) is 0 Å². The molecule has 43 heavy (non-hydrogen) atoms. The number of ketones is 2. The van der Waals surface area contributed by atoms with Gasteiger partial charge in [0.1, 0.15) is 4.90 Å². The number of carbonyl (C=O) groups is 2. The molecule has 2 aliphatic carbocycles. The third kappa shape index (κ3) is 6.07. The minimum atomic E-state index is -4.18. The van der Waals surface area contributed by atoms with Crippen LogP contribution in [0.25, 0.3) is 0 Å². The van der Waals surface area contributed by atoms with E-state index in [1.807, 2.05) is 19.9 Å². The Balaban J connectivity index is 1.71. The predicted octanol–water partition coefficient (Wildman–Crippen LogP) is 6.86. The second-order valence-corrected chi connectivity index (χ2v) is 15.1. The van der Waals surface area contributed by atoms with Crippen LogP contribution < -0.4 is 14.2 Å². The van der Waals surface area contributed by atoms with E-state index in [1.165, 1.54) is 12.1 Å². The lowest BCUT2D eigenvalue weighted by molar-refractivity contribution is -0.119. The van der Waals surface area contributed by atoms with Crippen LogP contribution in [0.5, 0.6) is 11.5 Å². The highest BCUT2D eigenvalue weighted by Crippen LogP contribution is 2.52. The molecular weight excluding hydrogens is 562 g/mol. The predicted molar refractivity (Wildman–Crippen MR) is 166 cm³/mol. The number of dihydropyridines is 1. The number of carbonyl (C=O) groups excluding carboxylic acids is 2. The molecule has 0 bridgehead atoms. The van der Waals surface area contributed by atoms with Gasteiger partial charge >= 0.3 is 10.1 Å². The van der Waals surface area contributed by atoms with Crippen LogP contribution in [0, 0.1) is 17.8 Å². The van der Waals surface area contributed by atoms with Gasteiger partial charge in [-0.3, -0.25) is 9.59 Å². The van der Waals surface area contributed by atoms with E-state index in [2.05, 4.69) is 39.6 Å². The summed E-state index contributed by atoms with van der Waals surface area (Å²) in [5, 5.41) is 3.54. The summed E-state index contributed by atoms with van der Waals surface area (Å²) in [4.78, 5) is 27.7. The Bertz CT molecular complexity index is 1620. The minimum absolute atomic E-state index is 0.0124. The zero-order chi connectivity index (χ0) is 31.3. The number of allylic oxidation sites excluding steroid dienone is 5. The first kappa shape index (κ1) is 30.8. The van der Waals surface area contributed by atoms with Crippen LogP contribution in [0.15, 0.2) is 76.5 Å². The second kappa shape index (κ2) is 11.1. The van der Waals surface area contributed by atoms with E-state index in [0.29, 0.717) is 48.0 Å². The number of rotatable bonds is 8. The first-order valence-electron chi connectivity index (χ1n) is 14.9. The number of aryl methyl sites for hydroxylation is 1. The van der Waals surface area contributed by atoms with Crippen LogP contribution in [-0.4, -0.2) is 26.6 Å². The number of nitrogens with one attached hydrogen (secondary N) is 1. The topological polar surface area (TPSA) is 98.8 Å². The highest BCUT2D eigenvalue weighted by atomic mass is 32.2. The molecule has 0 fully saturated rings. The third-order valence-corrected chi connectivity index (χ3v) is 9.61. The first-order valence-corrected chi connectivity index (χ1v) is 16.3. The maximum atomic E-state index is 13.8. The number of Topliss-reactive ketones (excluding diaryl/α,β-unsaturated/α-hetero) is 2. The third-order valence-electron chi connectivity index (χ3n) is 8.37. The average molecular weight is 604 g/mol. The molecule has 1 aliphatic heterocycles. The van der Waals surface area contributed by atoms with Crippen molar-refractivity contribution in [2.45, 2.75) is 84.5 Å². The van der Waals surface area contributed by atoms with Crippen molar-refractivity contribution in [3.63, 3.8) is 0 Å². The molecule has 3 aliphatic rings. The van der Waals surface area contributed by atoms with E-state index in [-0.39, 0.29) is 51.8 Å². The van der Waals surface area contributed by atoms with Crippen LogP contribution in [0.3, 0.4) is 0 Å². The molecule has 8 heteroatoms. The van der Waals surface area contributed by atoms with E-state index in [9.17, 15) is 18.0 Å². The molecule has 0 saturated carbocycles. The Morgan fingerprint density at radius 3 is 2.00 bits per heavy atom. The minimum Gasteiger partial charge on any atom is -0.490 e. The van der Waals surface area contributed by atoms with E-state index >= 15 is 0 Å². The molecule has 0 amide bonds. The Morgan fingerprint density at radius 2 is 1.49 bits per heavy atom. The van der Waals surface area contributed by atoms with Crippen LogP contribution in [0.4, 0.5) is 0 Å². The van der Waals surface area contributed by atoms with Gasteiger partial charge < -0.3 is 14.2 Å². The van der Waals surface area contributed by atoms with Crippen LogP contribution in [0.2, 0.25) is 0 Å². The van der Waals surface area contributed by atoms with Crippen LogP contribution in [0.1, 0.15) is 82.9 Å². The summed E-state index contributed by atoms with van der Waals surface area (Å²) < 4.78 is 38.5. The summed E-state index contributed by atoms with van der Waals surface area (Å²) in [5.41, 5.74) is 4.68. The summed E-state index contributed by atoms with van der Waals surface area (Å²) in [6, 6.07) is 10.0. The van der Waals surface area contributed by atoms with Gasteiger partial charge in [-0.05, 0) is 67.7 Å². The number of benzene rings is 2. The molecule has 2 aromatic carbocycles. The molecule has 2 aromatic rings. The lowest BCUT2D eigenvalue weighted by atomic mass is 9.64. The highest BCUT2D eigenvalue weighted by molar-refractivity contribution is 7.87. The zero-order valence-corrected chi connectivity index (χ0v) is 26.7. The fourth-order valence-electron chi connectivity index (χ4n) is 6.60. The lowest BCUT2D eigenvalue weighted by Gasteiger charge is -2.44. The molecule has 0 saturated heterocycles. The lowest BCUT2D eigenvalue weighted by Crippen LogP contribution is -2.42. The molecule has 0 spiro atoms. The Kier molecular flexibility index (Phi) is 7.97. The molecular formula is C35H41NO6S. The average Bonchev–Trinajstić information content (AvgIpc) is 2.88. The quantitative estimate of drug-likeness (QED) is 0.260. The summed E-state index contributed by atoms with van der Waals surface area (Å²) in [6.45, 7) is 16.2. The fraction of sp³-hybridized carbons (Fsp3) is 0.429. The van der Waals surface area contributed by atoms with E-state index in [1.54, 1.807) is 24.3 Å². The summed E-state index contributed by atoms with van der Waals surface area (Å²) in [6.07, 6.45) is 4.08. The van der Waals surface area contributed by atoms with Crippen LogP contribution in [-0.2, 0) is 26.1 Å². The number of hydrogen-bond acceptors (Lipinski definition) is 7. The van der Waals surface area contributed by atoms with Crippen molar-refractivity contribution >= 4 is 21.7 Å². The molecule has 0 unspecified atom stereocenters. The zero-order valence-electron chi connectivity index (χ0n) is 25.9. The molecule has 1 N–H and O–H groups in total. The van der Waals surface area contributed by atoms with Gasteiger partial charge in [-0.15, -0.1) is 6.58 Å². The van der Waals surface area contributed by atoms with Crippen LogP contribution >= 0.6 is 0 Å². The molecule has 0 aromatic heterocycles. The van der Waals surface area contributed by atoms with Gasteiger partial charge in [0, 0.05) is 46.9 Å². The highest BCUT2D eigenvalue weighted by Gasteiger charge is 2.46. The Morgan fingerprint density at radius 1 is 0.930 bits per heavy atom. The van der Waals surface area contributed by atoms with Gasteiger partial charge in [-0.25, -0.2) is 0 Å². The second-order valence-electron chi connectivity index (χ2n) is 13.5. The van der Waals surface area contributed by atoms with Gasteiger partial charge in [0.05, 0.1) is 6.61 Å². The van der Waals surface area contributed by atoms with Gasteiger partial charge in [0.2, 0.25) is 0 Å². The summed E-state index contributed by atoms with van der Waals surface area (Å²) >= 11 is 0. The molecule has 7 nitrogen and oxygen atoms in total. The normalized spacial score (nSPS) is 19.9. The standard InChI is InChI=1S/C35H41NO6S/c1-8-10-22-15-23(16-29(41-9-2)33(22)42-43(39,40)24-13-11-21(3)12-14-24)30-31-25(17-34(4,5)19-27(31)37)36-26-18-35(6,7)20-28(38)32(26)30/h8,11-16,30,36H,1,9-10,17-20H2,2-7H3.